The Hall–Kier alpha value is -10.8. The van der Waals surface area contributed by atoms with Gasteiger partial charge >= 0.3 is 5.97 Å². The van der Waals surface area contributed by atoms with Crippen molar-refractivity contribution in [3.05, 3.63) is 65.7 Å². The summed E-state index contributed by atoms with van der Waals surface area (Å²) in [6, 6.07) is -3.92. The molecule has 13 amide bonds. The molecule has 0 aromatic heterocycles. The molecule has 2 aromatic carbocycles. The quantitative estimate of drug-likeness (QED) is 0.0169. The van der Waals surface area contributed by atoms with Gasteiger partial charge in [-0.25, -0.2) is 0 Å². The van der Waals surface area contributed by atoms with E-state index in [2.05, 4.69) is 79.1 Å². The minimum absolute atomic E-state index is 0.00173. The number of benzene rings is 2. The molecule has 0 aliphatic carbocycles. The second-order valence-corrected chi connectivity index (χ2v) is 28.0. The molecule has 38 heteroatoms. The maximum Gasteiger partial charge on any atom is 0.325 e. The molecular formula is C72H120N22O16. The molecule has 29 N–H and O–H groups in total. The lowest BCUT2D eigenvalue weighted by Gasteiger charge is -2.28. The first-order valence-electron chi connectivity index (χ1n) is 37.0. The van der Waals surface area contributed by atoms with E-state index < -0.39 is 167 Å². The van der Waals surface area contributed by atoms with Crippen LogP contribution in [-0.4, -0.2) is 216 Å². The first-order valence-corrected chi connectivity index (χ1v) is 37.0. The Morgan fingerprint density at radius 2 is 0.618 bits per heavy atom. The van der Waals surface area contributed by atoms with Gasteiger partial charge in [0.2, 0.25) is 76.8 Å². The van der Waals surface area contributed by atoms with Crippen LogP contribution in [0.3, 0.4) is 0 Å². The number of carbonyl (C=O) groups is 14. The van der Waals surface area contributed by atoms with Crippen molar-refractivity contribution >= 4 is 94.7 Å². The van der Waals surface area contributed by atoms with Crippen LogP contribution in [0.4, 0.5) is 0 Å². The van der Waals surface area contributed by atoms with Gasteiger partial charge in [-0.05, 0) is 160 Å². The number of unbranched alkanes of at least 4 members (excludes halogenated alkanes) is 2. The van der Waals surface area contributed by atoms with Crippen LogP contribution in [0.5, 0.6) is 5.75 Å². The van der Waals surface area contributed by atoms with E-state index in [9.17, 15) is 77.3 Å². The molecule has 0 unspecified atom stereocenters. The monoisotopic (exact) mass is 1550 g/mol. The van der Waals surface area contributed by atoms with Gasteiger partial charge in [0.05, 0.1) is 6.04 Å². The number of carboxylic acid groups (broad SMARTS) is 1. The van der Waals surface area contributed by atoms with Crippen molar-refractivity contribution in [1.29, 1.82) is 0 Å². The summed E-state index contributed by atoms with van der Waals surface area (Å²) in [7, 11) is 0. The van der Waals surface area contributed by atoms with E-state index in [0.29, 0.717) is 49.8 Å². The first kappa shape index (κ1) is 95.3. The van der Waals surface area contributed by atoms with E-state index in [1.165, 1.54) is 65.8 Å². The molecule has 0 radical (unpaired) electrons. The normalized spacial score (nSPS) is 14.9. The summed E-state index contributed by atoms with van der Waals surface area (Å²) in [5, 5.41) is 53.2. The lowest BCUT2D eigenvalue weighted by atomic mass is 9.99. The van der Waals surface area contributed by atoms with Crippen molar-refractivity contribution in [2.45, 2.75) is 244 Å². The number of aliphatic carboxylic acids is 1. The third-order valence-corrected chi connectivity index (χ3v) is 17.1. The van der Waals surface area contributed by atoms with Crippen LogP contribution >= 0.6 is 0 Å². The number of hydrogen-bond donors (Lipinski definition) is 22. The number of amides is 13. The van der Waals surface area contributed by atoms with Gasteiger partial charge in [-0.2, -0.15) is 0 Å². The van der Waals surface area contributed by atoms with Crippen LogP contribution in [0.15, 0.2) is 64.6 Å². The summed E-state index contributed by atoms with van der Waals surface area (Å²) >= 11 is 0. The highest BCUT2D eigenvalue weighted by Crippen LogP contribution is 2.16. The van der Waals surface area contributed by atoms with E-state index in [1.54, 1.807) is 58.0 Å². The Labute approximate surface area is 642 Å². The number of carboxylic acids is 1. The molecule has 614 valence electrons. The number of aromatic hydroxyl groups is 1. The van der Waals surface area contributed by atoms with Crippen molar-refractivity contribution in [3.8, 4) is 5.75 Å². The minimum atomic E-state index is -1.51. The van der Waals surface area contributed by atoms with Crippen LogP contribution < -0.4 is 109 Å². The van der Waals surface area contributed by atoms with Crippen molar-refractivity contribution in [2.24, 2.45) is 62.0 Å². The highest BCUT2D eigenvalue weighted by molar-refractivity contribution is 6.00. The predicted molar refractivity (Wildman–Crippen MR) is 411 cm³/mol. The van der Waals surface area contributed by atoms with Crippen molar-refractivity contribution < 1.29 is 77.3 Å². The number of nitrogens with two attached hydrogens (primary N) is 7. The summed E-state index contributed by atoms with van der Waals surface area (Å²) in [5.41, 5.74) is 40.6. The maximum atomic E-state index is 14.7. The number of phenolic OH excluding ortho intramolecular Hbond substituents is 1. The molecule has 0 spiro atoms. The number of guanidine groups is 2. The lowest BCUT2D eigenvalue weighted by molar-refractivity contribution is -0.142. The SMILES string of the molecule is CC(C)C[C@H](NC(=O)[C@H](C)NC(=O)[C@H](C)NC(=O)[C@H](Cc1ccccc1)NC(=O)[C@H](C)NC(=O)[C@@H](N)CCCCN)C(=O)N[C@@H](C)C(=O)N[C@@H](C)C(=O)N[C@@H](CCCN=C(N)N)C(=O)N[C@@H](CC(C)C)C(=O)N[C@@H](Cc1ccc(O)cc1)C(=O)N[C@@H](CCCN=C(N)N)C(=O)N[C@@H](CCCCN)C(=O)N[C@@H](C)C(=O)O. The van der Waals surface area contributed by atoms with Gasteiger partial charge in [0.1, 0.15) is 84.3 Å². The largest absolute Gasteiger partial charge is 0.508 e. The molecule has 2 aromatic rings. The molecule has 0 saturated heterocycles. The third kappa shape index (κ3) is 37.4. The van der Waals surface area contributed by atoms with Gasteiger partial charge < -0.3 is 119 Å². The molecule has 0 heterocycles. The van der Waals surface area contributed by atoms with Crippen molar-refractivity contribution in [1.82, 2.24) is 69.1 Å². The van der Waals surface area contributed by atoms with E-state index in [1.807, 2.05) is 0 Å². The average molecular weight is 1550 g/mol. The summed E-state index contributed by atoms with van der Waals surface area (Å²) in [4.78, 5) is 200. The van der Waals surface area contributed by atoms with Crippen LogP contribution in [0.25, 0.3) is 0 Å². The van der Waals surface area contributed by atoms with Crippen LogP contribution in [0.2, 0.25) is 0 Å². The number of phenols is 1. The Morgan fingerprint density at radius 3 is 1.02 bits per heavy atom. The molecule has 14 atom stereocenters. The fraction of sp³-hybridized carbons (Fsp3) is 0.611. The standard InChI is InChI=1S/C72H120N22O16/c1-38(2)34-53(91-60(99)43(8)83-58(97)41(6)86-67(106)55(36-46-20-12-11-13-21-46)92-61(100)44(9)84-62(101)49(75)22-14-16-30-73)66(105)85-40(5)57(96)82-42(7)59(98)88-51(24-18-32-80-71(76)77)65(104)93-54(35-39(3)4)68(107)94-56(37-47-26-28-48(95)29-27-47)69(108)90-52(25-19-33-81-72(78)79)64(103)89-50(23-15-17-31-74)63(102)87-45(10)70(109)110/h11-13,20-21,26-29,38-45,49-56,95H,14-19,22-25,30-37,73-75H2,1-10H3,(H,82,96)(H,83,97)(H,84,101)(H,85,105)(H,86,106)(H,87,102)(H,88,98)(H,89,103)(H,90,108)(H,91,99)(H,92,100)(H,93,104)(H,94,107)(H,109,110)(H4,76,77,80)(H4,78,79,81)/t40-,41-,42-,43-,44-,45-,49-,50-,51-,52-,53-,54-,55-,56-/m0/s1. The van der Waals surface area contributed by atoms with Gasteiger partial charge in [0.25, 0.3) is 0 Å². The van der Waals surface area contributed by atoms with Gasteiger partial charge in [0, 0.05) is 25.9 Å². The van der Waals surface area contributed by atoms with Gasteiger partial charge in [-0.3, -0.25) is 77.1 Å². The topological polar surface area (TPSA) is 643 Å². The molecule has 0 fully saturated rings. The molecule has 0 aliphatic rings. The second kappa shape index (κ2) is 50.0. The van der Waals surface area contributed by atoms with Crippen LogP contribution in [0.1, 0.15) is 157 Å². The fourth-order valence-electron chi connectivity index (χ4n) is 10.8. The van der Waals surface area contributed by atoms with Gasteiger partial charge in [-0.1, -0.05) is 76.6 Å². The smallest absolute Gasteiger partial charge is 0.325 e. The second-order valence-electron chi connectivity index (χ2n) is 28.0. The molecule has 38 nitrogen and oxygen atoms in total. The third-order valence-electron chi connectivity index (χ3n) is 17.1. The Bertz CT molecular complexity index is 3410. The lowest BCUT2D eigenvalue weighted by Crippen LogP contribution is -2.60. The zero-order valence-corrected chi connectivity index (χ0v) is 64.7. The van der Waals surface area contributed by atoms with E-state index in [0.717, 1.165) is 0 Å². The number of aliphatic imine (C=N–C) groups is 2. The maximum absolute atomic E-state index is 14.7. The van der Waals surface area contributed by atoms with Crippen LogP contribution in [0, 0.1) is 11.8 Å². The fourth-order valence-corrected chi connectivity index (χ4v) is 10.8. The van der Waals surface area contributed by atoms with E-state index >= 15 is 0 Å². The molecular weight excluding hydrogens is 1430 g/mol. The molecule has 110 heavy (non-hydrogen) atoms. The molecule has 0 aliphatic heterocycles. The van der Waals surface area contributed by atoms with Crippen molar-refractivity contribution in [2.75, 3.05) is 26.2 Å². The Kier molecular flexibility index (Phi) is 43.4. The number of carbonyl (C=O) groups excluding carboxylic acids is 13. The molecule has 2 rings (SSSR count). The summed E-state index contributed by atoms with van der Waals surface area (Å²) in [6.07, 6.45) is 2.11. The van der Waals surface area contributed by atoms with E-state index in [4.69, 9.17) is 40.1 Å². The Balaban J connectivity index is 2.35. The number of nitrogens with one attached hydrogen (secondary N) is 13. The van der Waals surface area contributed by atoms with E-state index in [-0.39, 0.29) is 107 Å². The Morgan fingerprint density at radius 1 is 0.336 bits per heavy atom. The first-order chi connectivity index (χ1) is 51.8. The average Bonchev–Trinajstić information content (AvgIpc) is 0.930. The summed E-state index contributed by atoms with van der Waals surface area (Å²) in [5.74, 6) is -13.2. The summed E-state index contributed by atoms with van der Waals surface area (Å²) < 4.78 is 0. The van der Waals surface area contributed by atoms with Crippen molar-refractivity contribution in [3.63, 3.8) is 0 Å². The predicted octanol–water partition coefficient (Wildman–Crippen LogP) is -4.53. The highest BCUT2D eigenvalue weighted by atomic mass is 16.4. The summed E-state index contributed by atoms with van der Waals surface area (Å²) in [6.45, 7) is 15.7. The van der Waals surface area contributed by atoms with Gasteiger partial charge in [0.15, 0.2) is 11.9 Å². The number of rotatable bonds is 51. The van der Waals surface area contributed by atoms with Gasteiger partial charge in [-0.15, -0.1) is 0 Å². The zero-order valence-electron chi connectivity index (χ0n) is 64.7. The molecule has 0 saturated carbocycles. The highest BCUT2D eigenvalue weighted by Gasteiger charge is 2.36. The minimum Gasteiger partial charge on any atom is -0.508 e. The zero-order chi connectivity index (χ0) is 82.9. The molecule has 0 bridgehead atoms. The van der Waals surface area contributed by atoms with Crippen LogP contribution in [-0.2, 0) is 80.0 Å². The number of nitrogens with zero attached hydrogens (tertiary/aromatic N) is 2. The number of hydrogen-bond acceptors (Lipinski definition) is 20.